The predicted octanol–water partition coefficient (Wildman–Crippen LogP) is 3.40. The van der Waals surface area contributed by atoms with Gasteiger partial charge in [0.25, 0.3) is 5.91 Å². The fourth-order valence-corrected chi connectivity index (χ4v) is 3.10. The lowest BCUT2D eigenvalue weighted by molar-refractivity contribution is -0.124. The Hall–Kier alpha value is -2.05. The molecule has 0 bridgehead atoms. The molecule has 1 heterocycles. The zero-order valence-corrected chi connectivity index (χ0v) is 17.1. The first-order valence-corrected chi connectivity index (χ1v) is 9.54. The molecule has 2 rings (SSSR count). The second-order valence-corrected chi connectivity index (χ2v) is 7.74. The van der Waals surface area contributed by atoms with Crippen LogP contribution in [0, 0.1) is 11.8 Å². The first kappa shape index (κ1) is 21.3. The molecule has 2 amide bonds. The molecule has 0 radical (unpaired) electrons. The molecule has 0 aliphatic carbocycles. The number of aromatic nitrogens is 2. The minimum Gasteiger partial charge on any atom is -0.354 e. The molecular formula is C19H24Cl2N4O2. The Kier molecular flexibility index (Phi) is 7.68. The van der Waals surface area contributed by atoms with E-state index >= 15 is 0 Å². The quantitative estimate of drug-likeness (QED) is 0.699. The molecule has 8 heteroatoms. The zero-order valence-electron chi connectivity index (χ0n) is 15.6. The highest BCUT2D eigenvalue weighted by atomic mass is 35.5. The van der Waals surface area contributed by atoms with E-state index in [4.69, 9.17) is 23.2 Å². The Balaban J connectivity index is 1.94. The van der Waals surface area contributed by atoms with Crippen molar-refractivity contribution in [3.8, 4) is 0 Å². The average molecular weight is 411 g/mol. The van der Waals surface area contributed by atoms with Gasteiger partial charge in [0, 0.05) is 30.5 Å². The van der Waals surface area contributed by atoms with Gasteiger partial charge in [-0.25, -0.2) is 0 Å². The Bertz CT molecular complexity index is 778. The molecule has 6 nitrogen and oxygen atoms in total. The molecule has 2 atom stereocenters. The van der Waals surface area contributed by atoms with Crippen molar-refractivity contribution in [3.05, 3.63) is 52.3 Å². The van der Waals surface area contributed by atoms with Crippen molar-refractivity contribution >= 4 is 35.0 Å². The van der Waals surface area contributed by atoms with Crippen LogP contribution in [0.25, 0.3) is 0 Å². The monoisotopic (exact) mass is 410 g/mol. The van der Waals surface area contributed by atoms with Crippen molar-refractivity contribution in [3.63, 3.8) is 0 Å². The third kappa shape index (κ3) is 6.26. The fraction of sp³-hybridized carbons (Fsp3) is 0.421. The van der Waals surface area contributed by atoms with Gasteiger partial charge in [-0.15, -0.1) is 0 Å². The summed E-state index contributed by atoms with van der Waals surface area (Å²) in [6.07, 6.45) is 3.60. The number of hydrogen-bond donors (Lipinski definition) is 2. The van der Waals surface area contributed by atoms with Gasteiger partial charge in [-0.1, -0.05) is 44.0 Å². The van der Waals surface area contributed by atoms with Crippen LogP contribution in [0.3, 0.4) is 0 Å². The molecule has 0 saturated heterocycles. The van der Waals surface area contributed by atoms with Crippen LogP contribution in [-0.2, 0) is 11.3 Å². The van der Waals surface area contributed by atoms with Crippen molar-refractivity contribution in [2.24, 2.45) is 11.8 Å². The molecule has 2 N–H and O–H groups in total. The lowest BCUT2D eigenvalue weighted by Gasteiger charge is -2.23. The van der Waals surface area contributed by atoms with Gasteiger partial charge in [-0.05, 0) is 36.1 Å². The molecule has 146 valence electrons. The van der Waals surface area contributed by atoms with E-state index in [0.717, 1.165) is 0 Å². The van der Waals surface area contributed by atoms with Crippen LogP contribution in [0.4, 0.5) is 0 Å². The number of benzene rings is 1. The first-order valence-electron chi connectivity index (χ1n) is 8.79. The van der Waals surface area contributed by atoms with Gasteiger partial charge >= 0.3 is 0 Å². The van der Waals surface area contributed by atoms with Gasteiger partial charge in [-0.3, -0.25) is 14.3 Å². The minimum atomic E-state index is -0.666. The number of nitrogens with zero attached hydrogens (tertiary/aromatic N) is 2. The standard InChI is InChI=1S/C19H24Cl2N4O2/c1-12(2)17(24-18(26)15-6-5-14(20)9-16(15)21)19(27)22-10-13(3)11-25-8-4-7-23-25/h4-9,12-13,17H,10-11H2,1-3H3,(H,22,27)(H,24,26). The molecule has 2 aromatic rings. The lowest BCUT2D eigenvalue weighted by atomic mass is 10.0. The zero-order chi connectivity index (χ0) is 20.0. The number of carbonyl (C=O) groups is 2. The van der Waals surface area contributed by atoms with Gasteiger partial charge in [0.05, 0.1) is 10.6 Å². The van der Waals surface area contributed by atoms with Gasteiger partial charge in [-0.2, -0.15) is 5.10 Å². The van der Waals surface area contributed by atoms with Crippen LogP contribution in [0.1, 0.15) is 31.1 Å². The van der Waals surface area contributed by atoms with E-state index < -0.39 is 11.9 Å². The number of amides is 2. The van der Waals surface area contributed by atoms with Crippen molar-refractivity contribution in [1.29, 1.82) is 0 Å². The third-order valence-electron chi connectivity index (χ3n) is 4.09. The van der Waals surface area contributed by atoms with E-state index in [-0.39, 0.29) is 28.3 Å². The number of nitrogens with one attached hydrogen (secondary N) is 2. The van der Waals surface area contributed by atoms with E-state index in [9.17, 15) is 9.59 Å². The van der Waals surface area contributed by atoms with E-state index in [1.165, 1.54) is 6.07 Å². The molecule has 0 fully saturated rings. The number of halogens is 2. The molecule has 27 heavy (non-hydrogen) atoms. The van der Waals surface area contributed by atoms with Crippen LogP contribution in [0.15, 0.2) is 36.7 Å². The smallest absolute Gasteiger partial charge is 0.253 e. The topological polar surface area (TPSA) is 76.0 Å². The van der Waals surface area contributed by atoms with Crippen molar-refractivity contribution < 1.29 is 9.59 Å². The maximum Gasteiger partial charge on any atom is 0.253 e. The molecule has 0 aliphatic rings. The molecule has 0 saturated carbocycles. The van der Waals surface area contributed by atoms with Crippen LogP contribution in [-0.4, -0.2) is 34.2 Å². The summed E-state index contributed by atoms with van der Waals surface area (Å²) in [7, 11) is 0. The maximum atomic E-state index is 12.6. The Labute approximate surface area is 169 Å². The second-order valence-electron chi connectivity index (χ2n) is 6.90. The van der Waals surface area contributed by atoms with Crippen LogP contribution >= 0.6 is 23.2 Å². The van der Waals surface area contributed by atoms with Gasteiger partial charge in [0.2, 0.25) is 5.91 Å². The van der Waals surface area contributed by atoms with E-state index in [0.29, 0.717) is 18.1 Å². The molecule has 0 aliphatic heterocycles. The predicted molar refractivity (Wildman–Crippen MR) is 107 cm³/mol. The van der Waals surface area contributed by atoms with Crippen molar-refractivity contribution in [1.82, 2.24) is 20.4 Å². The Morgan fingerprint density at radius 1 is 1.22 bits per heavy atom. The average Bonchev–Trinajstić information content (AvgIpc) is 3.10. The van der Waals surface area contributed by atoms with E-state index in [2.05, 4.69) is 15.7 Å². The minimum absolute atomic E-state index is 0.0820. The summed E-state index contributed by atoms with van der Waals surface area (Å²) < 4.78 is 1.82. The number of hydrogen-bond acceptors (Lipinski definition) is 3. The molecule has 1 aromatic carbocycles. The van der Waals surface area contributed by atoms with Crippen LogP contribution in [0.2, 0.25) is 10.0 Å². The highest BCUT2D eigenvalue weighted by molar-refractivity contribution is 6.36. The van der Waals surface area contributed by atoms with Crippen molar-refractivity contribution in [2.45, 2.75) is 33.4 Å². The highest BCUT2D eigenvalue weighted by Crippen LogP contribution is 2.21. The Morgan fingerprint density at radius 2 is 1.96 bits per heavy atom. The van der Waals surface area contributed by atoms with E-state index in [1.807, 2.05) is 37.7 Å². The largest absolute Gasteiger partial charge is 0.354 e. The Morgan fingerprint density at radius 3 is 2.56 bits per heavy atom. The first-order chi connectivity index (χ1) is 12.8. The summed E-state index contributed by atoms with van der Waals surface area (Å²) in [4.78, 5) is 25.1. The maximum absolute atomic E-state index is 12.6. The molecule has 1 aromatic heterocycles. The van der Waals surface area contributed by atoms with E-state index in [1.54, 1.807) is 18.3 Å². The fourth-order valence-electron chi connectivity index (χ4n) is 2.60. The number of rotatable bonds is 8. The number of carbonyl (C=O) groups excluding carboxylic acids is 2. The lowest BCUT2D eigenvalue weighted by Crippen LogP contribution is -2.50. The molecular weight excluding hydrogens is 387 g/mol. The summed E-state index contributed by atoms with van der Waals surface area (Å²) in [5, 5.41) is 10.5. The van der Waals surface area contributed by atoms with Gasteiger partial charge in [0.15, 0.2) is 0 Å². The summed E-state index contributed by atoms with van der Waals surface area (Å²) in [6, 6.07) is 5.82. The second kappa shape index (κ2) is 9.76. The SMILES string of the molecule is CC(CNC(=O)C(NC(=O)c1ccc(Cl)cc1Cl)C(C)C)Cn1cccn1. The summed E-state index contributed by atoms with van der Waals surface area (Å²) in [6.45, 7) is 6.96. The summed E-state index contributed by atoms with van der Waals surface area (Å²) >= 11 is 11.9. The van der Waals surface area contributed by atoms with Crippen LogP contribution < -0.4 is 10.6 Å². The van der Waals surface area contributed by atoms with Gasteiger partial charge in [0.1, 0.15) is 6.04 Å². The van der Waals surface area contributed by atoms with Crippen molar-refractivity contribution in [2.75, 3.05) is 6.54 Å². The van der Waals surface area contributed by atoms with Gasteiger partial charge < -0.3 is 10.6 Å². The summed E-state index contributed by atoms with van der Waals surface area (Å²) in [5.41, 5.74) is 0.284. The highest BCUT2D eigenvalue weighted by Gasteiger charge is 2.25. The molecule has 2 unspecified atom stereocenters. The third-order valence-corrected chi connectivity index (χ3v) is 4.64. The normalized spacial score (nSPS) is 13.3. The van der Waals surface area contributed by atoms with Crippen LogP contribution in [0.5, 0.6) is 0 Å². The molecule has 0 spiro atoms. The summed E-state index contributed by atoms with van der Waals surface area (Å²) in [5.74, 6) is -0.518.